The summed E-state index contributed by atoms with van der Waals surface area (Å²) in [6, 6.07) is 9.85. The topological polar surface area (TPSA) is 307 Å². The number of hydrogen-bond donors (Lipinski definition) is 5. The molecular formula is C64H117N5O16. The van der Waals surface area contributed by atoms with Crippen LogP contribution in [0.2, 0.25) is 0 Å². The van der Waals surface area contributed by atoms with Crippen molar-refractivity contribution in [3.05, 3.63) is 35.9 Å². The van der Waals surface area contributed by atoms with Gasteiger partial charge in [0.1, 0.15) is 13.2 Å². The lowest BCUT2D eigenvalue weighted by atomic mass is 9.89. The molecule has 2 rings (SSSR count). The summed E-state index contributed by atoms with van der Waals surface area (Å²) in [6.07, 6.45) is 7.84. The molecule has 1 aliphatic rings. The van der Waals surface area contributed by atoms with Crippen LogP contribution in [-0.2, 0) is 68.7 Å². The van der Waals surface area contributed by atoms with Gasteiger partial charge in [0.25, 0.3) is 0 Å². The van der Waals surface area contributed by atoms with E-state index in [1.807, 2.05) is 134 Å². The molecule has 1 saturated heterocycles. The lowest BCUT2D eigenvalue weighted by Crippen LogP contribution is -2.39. The molecular weight excluding hydrogens is 1090 g/mol. The number of esters is 3. The second kappa shape index (κ2) is 52.4. The third-order valence-electron chi connectivity index (χ3n) is 14.0. The molecule has 1 aromatic carbocycles. The van der Waals surface area contributed by atoms with E-state index in [1.54, 1.807) is 44.8 Å². The Kier molecular flexibility index (Phi) is 54.1. The van der Waals surface area contributed by atoms with E-state index in [-0.39, 0.29) is 146 Å². The van der Waals surface area contributed by atoms with Crippen molar-refractivity contribution in [1.82, 2.24) is 20.0 Å². The van der Waals surface area contributed by atoms with Crippen LogP contribution in [0.5, 0.6) is 0 Å². The summed E-state index contributed by atoms with van der Waals surface area (Å²) in [7, 11) is 5.29. The predicted octanol–water partition coefficient (Wildman–Crippen LogP) is 9.01. The monoisotopic (exact) mass is 1210 g/mol. The Bertz CT molecular complexity index is 1980. The smallest absolute Gasteiger partial charge is 0.308 e. The van der Waals surface area contributed by atoms with Gasteiger partial charge in [-0.3, -0.25) is 52.8 Å². The molecule has 0 spiro atoms. The number of nitrogens with two attached hydrogens (primary N) is 1. The van der Waals surface area contributed by atoms with Crippen LogP contribution >= 0.6 is 0 Å². The van der Waals surface area contributed by atoms with Gasteiger partial charge in [0, 0.05) is 88.2 Å². The van der Waals surface area contributed by atoms with Crippen molar-refractivity contribution < 1.29 is 77.5 Å². The van der Waals surface area contributed by atoms with E-state index in [9.17, 15) is 47.9 Å². The van der Waals surface area contributed by atoms with Crippen LogP contribution in [0, 0.1) is 46.8 Å². The fourth-order valence-electron chi connectivity index (χ4n) is 6.16. The number of rotatable bonds is 29. The summed E-state index contributed by atoms with van der Waals surface area (Å²) in [5, 5.41) is 28.3. The maximum atomic E-state index is 11.8. The largest absolute Gasteiger partial charge is 0.481 e. The molecule has 0 bridgehead atoms. The first-order chi connectivity index (χ1) is 39.6. The van der Waals surface area contributed by atoms with Gasteiger partial charge in [0.15, 0.2) is 0 Å². The molecule has 494 valence electrons. The first-order valence-electron chi connectivity index (χ1n) is 30.5. The van der Waals surface area contributed by atoms with Crippen LogP contribution in [0.1, 0.15) is 200 Å². The first-order valence-corrected chi connectivity index (χ1v) is 30.5. The van der Waals surface area contributed by atoms with E-state index in [2.05, 4.69) is 5.32 Å². The molecule has 1 heterocycles. The zero-order chi connectivity index (χ0) is 67.0. The fraction of sp³-hybridized carbons (Fsp3) is 0.750. The number of carboxylic acid groups (broad SMARTS) is 1. The Morgan fingerprint density at radius 3 is 1.42 bits per heavy atom. The average molecular weight is 1210 g/mol. The number of aliphatic hydroxyl groups excluding tert-OH is 2. The number of primary amides is 1. The number of unbranched alkanes of at least 4 members (excludes halogenated alkanes) is 2. The van der Waals surface area contributed by atoms with Crippen molar-refractivity contribution in [3.8, 4) is 0 Å². The van der Waals surface area contributed by atoms with Gasteiger partial charge in [-0.05, 0) is 83.6 Å². The van der Waals surface area contributed by atoms with Gasteiger partial charge in [-0.2, -0.15) is 0 Å². The maximum absolute atomic E-state index is 11.8. The highest BCUT2D eigenvalue weighted by molar-refractivity contribution is 6.04. The van der Waals surface area contributed by atoms with E-state index in [1.165, 1.54) is 4.90 Å². The summed E-state index contributed by atoms with van der Waals surface area (Å²) in [6.45, 7) is 33.7. The number of aliphatic hydroxyl groups is 2. The highest BCUT2D eigenvalue weighted by atomic mass is 16.6. The van der Waals surface area contributed by atoms with Crippen LogP contribution in [0.25, 0.3) is 0 Å². The number of carbonyl (C=O) groups excluding carboxylic acids is 9. The standard InChI is InChI=1S/C17H30O7.C13H15NO2.C9H19NO2.C8H17NO.C7H15NO.C5H11NO.C5H10O2/c1-3-14(2)17(21)24-13-12-23-16(20)9-5-7-11-22-15(19)8-4-6-10-18;1-9-10(2)13(16)14(12(9)15)8-11-6-4-3-5-7-11;1-5-9(2,3)8(12)10(4)6-7-11;1-5-7(4)8(10)9-6(2)3;1-5-6(2)7(9)8(3)4;2*1-3-4(2)5(6)7/h14,18H,3-13H2,1-2H3;3-7,9-10H,8H2,1-2H3;11H,5-7H2,1-4H3;6-7H,5H2,1-4H3,(H,9,10);6H,5H2,1-4H3;4H,3H2,1-2H3,(H2,6,7);4H,3H2,1-2H3,(H,6,7). The van der Waals surface area contributed by atoms with E-state index in [0.717, 1.165) is 37.7 Å². The second-order valence-corrected chi connectivity index (χ2v) is 22.4. The first kappa shape index (κ1) is 87.8. The number of nitrogens with zero attached hydrogens (tertiary/aromatic N) is 3. The minimum atomic E-state index is -0.706. The molecule has 1 aromatic rings. The lowest BCUT2D eigenvalue weighted by Gasteiger charge is -2.27. The quantitative estimate of drug-likeness (QED) is 0.0216. The number of likely N-dealkylation sites (N-methyl/N-ethyl adjacent to an activating group) is 1. The number of ether oxygens (including phenoxy) is 3. The normalized spacial score (nSPS) is 14.8. The number of likely N-dealkylation sites (tertiary alicyclic amines) is 1. The Morgan fingerprint density at radius 1 is 0.624 bits per heavy atom. The summed E-state index contributed by atoms with van der Waals surface area (Å²) in [4.78, 5) is 116. The number of carboxylic acids is 1. The molecule has 0 radical (unpaired) electrons. The second-order valence-electron chi connectivity index (χ2n) is 22.4. The van der Waals surface area contributed by atoms with Crippen LogP contribution in [0.4, 0.5) is 0 Å². The molecule has 7 unspecified atom stereocenters. The summed E-state index contributed by atoms with van der Waals surface area (Å²) >= 11 is 0. The minimum Gasteiger partial charge on any atom is -0.481 e. The molecule has 21 nitrogen and oxygen atoms in total. The average Bonchev–Trinajstić information content (AvgIpc) is 3.94. The van der Waals surface area contributed by atoms with Gasteiger partial charge < -0.3 is 50.4 Å². The Balaban J connectivity index is -0.000000308. The van der Waals surface area contributed by atoms with Crippen LogP contribution in [-0.4, -0.2) is 156 Å². The molecule has 0 saturated carbocycles. The van der Waals surface area contributed by atoms with Crippen molar-refractivity contribution in [1.29, 1.82) is 0 Å². The van der Waals surface area contributed by atoms with E-state index < -0.39 is 5.97 Å². The number of aliphatic carboxylic acids is 1. The number of hydrogen-bond acceptors (Lipinski definition) is 15. The predicted molar refractivity (Wildman–Crippen MR) is 333 cm³/mol. The van der Waals surface area contributed by atoms with Crippen LogP contribution in [0.15, 0.2) is 30.3 Å². The third-order valence-corrected chi connectivity index (χ3v) is 14.0. The summed E-state index contributed by atoms with van der Waals surface area (Å²) in [5.41, 5.74) is 5.60. The number of nitrogens with one attached hydrogen (secondary N) is 1. The van der Waals surface area contributed by atoms with E-state index >= 15 is 0 Å². The number of amides is 6. The third kappa shape index (κ3) is 45.1. The van der Waals surface area contributed by atoms with Crippen molar-refractivity contribution in [2.24, 2.45) is 52.6 Å². The Morgan fingerprint density at radius 2 is 1.07 bits per heavy atom. The minimum absolute atomic E-state index is 0.0298. The van der Waals surface area contributed by atoms with E-state index in [0.29, 0.717) is 51.6 Å². The van der Waals surface area contributed by atoms with Gasteiger partial charge in [-0.1, -0.05) is 134 Å². The van der Waals surface area contributed by atoms with Crippen molar-refractivity contribution >= 4 is 59.3 Å². The number of imide groups is 1. The van der Waals surface area contributed by atoms with Crippen molar-refractivity contribution in [3.63, 3.8) is 0 Å². The van der Waals surface area contributed by atoms with Crippen LogP contribution in [0.3, 0.4) is 0 Å². The number of carbonyl (C=O) groups is 10. The fourth-order valence-corrected chi connectivity index (χ4v) is 6.16. The Labute approximate surface area is 511 Å². The van der Waals surface area contributed by atoms with Gasteiger partial charge in [0.05, 0.1) is 31.6 Å². The van der Waals surface area contributed by atoms with E-state index in [4.69, 9.17) is 35.3 Å². The number of benzene rings is 1. The molecule has 1 fully saturated rings. The molecule has 21 heteroatoms. The van der Waals surface area contributed by atoms with Gasteiger partial charge >= 0.3 is 23.9 Å². The highest BCUT2D eigenvalue weighted by Crippen LogP contribution is 2.27. The lowest BCUT2D eigenvalue weighted by molar-refractivity contribution is -0.155. The zero-order valence-electron chi connectivity index (χ0n) is 56.0. The van der Waals surface area contributed by atoms with Crippen molar-refractivity contribution in [2.45, 2.75) is 207 Å². The molecule has 0 aromatic heterocycles. The zero-order valence-corrected chi connectivity index (χ0v) is 56.0. The molecule has 85 heavy (non-hydrogen) atoms. The summed E-state index contributed by atoms with van der Waals surface area (Å²) in [5.74, 6) is -1.78. The molecule has 7 atom stereocenters. The van der Waals surface area contributed by atoms with Gasteiger partial charge in [-0.15, -0.1) is 0 Å². The molecule has 0 aliphatic carbocycles. The Hall–Kier alpha value is -5.96. The summed E-state index contributed by atoms with van der Waals surface area (Å²) < 4.78 is 14.9. The van der Waals surface area contributed by atoms with Crippen LogP contribution < -0.4 is 11.1 Å². The van der Waals surface area contributed by atoms with Gasteiger partial charge in [-0.25, -0.2) is 0 Å². The molecule has 1 aliphatic heterocycles. The van der Waals surface area contributed by atoms with Crippen molar-refractivity contribution in [2.75, 3.05) is 60.7 Å². The maximum Gasteiger partial charge on any atom is 0.308 e. The highest BCUT2D eigenvalue weighted by Gasteiger charge is 2.42. The van der Waals surface area contributed by atoms with Gasteiger partial charge in [0.2, 0.25) is 35.4 Å². The SMILES string of the molecule is CC1C(=O)N(Cc2ccccc2)C(=O)C1C.CCC(C)(C)C(=O)N(C)CCO.CCC(C)C(=O)N(C)C.CCC(C)C(=O)NC(C)C.CCC(C)C(=O)O.CCC(C)C(=O)OCCOC(=O)CCCCOC(=O)CCCCO.CCC(C)C(N)=O. The molecule has 6 amide bonds. The molecule has 6 N–H and O–H groups in total.